The Labute approximate surface area is 107 Å². The van der Waals surface area contributed by atoms with Crippen LogP contribution in [0.25, 0.3) is 0 Å². The minimum Gasteiger partial charge on any atom is -0.466 e. The van der Waals surface area contributed by atoms with E-state index in [0.29, 0.717) is 0 Å². The number of aromatic nitrogens is 2. The molecule has 0 saturated heterocycles. The first-order valence-electron chi connectivity index (χ1n) is 5.95. The molecule has 0 unspecified atom stereocenters. The first-order chi connectivity index (χ1) is 8.69. The maximum atomic E-state index is 5.54. The summed E-state index contributed by atoms with van der Waals surface area (Å²) in [5, 5.41) is 3.00. The standard InChI is InChI=1S/C13H18N4O/c1-10-4-5-11(18-10)6-7-17(3)13-8-12(14-2)15-9-16-13/h4-5,8-9H,6-7H2,1-3H3,(H,14,15,16). The highest BCUT2D eigenvalue weighted by molar-refractivity contribution is 5.47. The van der Waals surface area contributed by atoms with Gasteiger partial charge in [-0.2, -0.15) is 0 Å². The zero-order valence-electron chi connectivity index (χ0n) is 11.0. The van der Waals surface area contributed by atoms with Crippen LogP contribution < -0.4 is 10.2 Å². The molecule has 0 radical (unpaired) electrons. The molecule has 96 valence electrons. The van der Waals surface area contributed by atoms with E-state index in [9.17, 15) is 0 Å². The summed E-state index contributed by atoms with van der Waals surface area (Å²) >= 11 is 0. The Balaban J connectivity index is 1.96. The van der Waals surface area contributed by atoms with Crippen molar-refractivity contribution in [3.05, 3.63) is 36.0 Å². The second-order valence-electron chi connectivity index (χ2n) is 4.20. The van der Waals surface area contributed by atoms with Gasteiger partial charge in [0.25, 0.3) is 0 Å². The monoisotopic (exact) mass is 246 g/mol. The second-order valence-corrected chi connectivity index (χ2v) is 4.20. The number of anilines is 2. The molecule has 2 aromatic rings. The van der Waals surface area contributed by atoms with Crippen LogP contribution in [0, 0.1) is 6.92 Å². The van der Waals surface area contributed by atoms with E-state index in [0.717, 1.165) is 36.1 Å². The average molecular weight is 246 g/mol. The zero-order valence-corrected chi connectivity index (χ0v) is 11.0. The van der Waals surface area contributed by atoms with Crippen LogP contribution in [0.4, 0.5) is 11.6 Å². The molecule has 18 heavy (non-hydrogen) atoms. The Morgan fingerprint density at radius 2 is 2.17 bits per heavy atom. The number of likely N-dealkylation sites (N-methyl/N-ethyl adjacent to an activating group) is 1. The molecule has 0 atom stereocenters. The lowest BCUT2D eigenvalue weighted by molar-refractivity contribution is 0.483. The van der Waals surface area contributed by atoms with Crippen LogP contribution in [0.15, 0.2) is 28.9 Å². The third-order valence-corrected chi connectivity index (χ3v) is 2.79. The van der Waals surface area contributed by atoms with Crippen LogP contribution in [0.3, 0.4) is 0 Å². The Morgan fingerprint density at radius 1 is 1.33 bits per heavy atom. The van der Waals surface area contributed by atoms with Crippen molar-refractivity contribution in [3.8, 4) is 0 Å². The van der Waals surface area contributed by atoms with Gasteiger partial charge in [0.15, 0.2) is 0 Å². The SMILES string of the molecule is CNc1cc(N(C)CCc2ccc(C)o2)ncn1. The highest BCUT2D eigenvalue weighted by Gasteiger charge is 2.05. The summed E-state index contributed by atoms with van der Waals surface area (Å²) in [5.74, 6) is 3.67. The predicted molar refractivity (Wildman–Crippen MR) is 72.0 cm³/mol. The van der Waals surface area contributed by atoms with Crippen molar-refractivity contribution in [2.45, 2.75) is 13.3 Å². The zero-order chi connectivity index (χ0) is 13.0. The number of hydrogen-bond acceptors (Lipinski definition) is 5. The predicted octanol–water partition coefficient (Wildman–Crippen LogP) is 2.10. The van der Waals surface area contributed by atoms with Gasteiger partial charge in [0, 0.05) is 33.1 Å². The van der Waals surface area contributed by atoms with E-state index in [-0.39, 0.29) is 0 Å². The fraction of sp³-hybridized carbons (Fsp3) is 0.385. The van der Waals surface area contributed by atoms with E-state index in [4.69, 9.17) is 4.42 Å². The van der Waals surface area contributed by atoms with Crippen LogP contribution in [0.5, 0.6) is 0 Å². The fourth-order valence-corrected chi connectivity index (χ4v) is 1.70. The van der Waals surface area contributed by atoms with Crippen LogP contribution in [-0.2, 0) is 6.42 Å². The van der Waals surface area contributed by atoms with Gasteiger partial charge in [0.1, 0.15) is 29.5 Å². The van der Waals surface area contributed by atoms with Crippen molar-refractivity contribution in [1.82, 2.24) is 9.97 Å². The maximum Gasteiger partial charge on any atom is 0.133 e. The minimum absolute atomic E-state index is 0.820. The lowest BCUT2D eigenvalue weighted by atomic mass is 10.3. The van der Waals surface area contributed by atoms with E-state index in [2.05, 4.69) is 20.2 Å². The number of nitrogens with one attached hydrogen (secondary N) is 1. The number of furan rings is 1. The van der Waals surface area contributed by atoms with Crippen LogP contribution in [0.2, 0.25) is 0 Å². The van der Waals surface area contributed by atoms with Gasteiger partial charge in [-0.15, -0.1) is 0 Å². The van der Waals surface area contributed by atoms with Gasteiger partial charge in [-0.05, 0) is 19.1 Å². The molecule has 0 fully saturated rings. The number of nitrogens with zero attached hydrogens (tertiary/aromatic N) is 3. The maximum absolute atomic E-state index is 5.54. The van der Waals surface area contributed by atoms with E-state index < -0.39 is 0 Å². The quantitative estimate of drug-likeness (QED) is 0.875. The molecule has 0 spiro atoms. The summed E-state index contributed by atoms with van der Waals surface area (Å²) in [6, 6.07) is 5.93. The number of hydrogen-bond donors (Lipinski definition) is 1. The van der Waals surface area contributed by atoms with E-state index in [1.54, 1.807) is 6.33 Å². The van der Waals surface area contributed by atoms with Crippen molar-refractivity contribution < 1.29 is 4.42 Å². The molecule has 2 rings (SSSR count). The molecule has 0 saturated carbocycles. The summed E-state index contributed by atoms with van der Waals surface area (Å²) in [6.07, 6.45) is 2.43. The smallest absolute Gasteiger partial charge is 0.133 e. The lowest BCUT2D eigenvalue weighted by Crippen LogP contribution is -2.21. The fourth-order valence-electron chi connectivity index (χ4n) is 1.70. The molecule has 0 amide bonds. The molecule has 0 aliphatic heterocycles. The minimum atomic E-state index is 0.820. The van der Waals surface area contributed by atoms with Crippen molar-refractivity contribution in [3.63, 3.8) is 0 Å². The molecule has 5 nitrogen and oxygen atoms in total. The molecule has 0 aromatic carbocycles. The van der Waals surface area contributed by atoms with Crippen molar-refractivity contribution in [2.75, 3.05) is 30.9 Å². The second kappa shape index (κ2) is 5.53. The molecule has 0 aliphatic carbocycles. The third-order valence-electron chi connectivity index (χ3n) is 2.79. The van der Waals surface area contributed by atoms with Crippen molar-refractivity contribution in [2.24, 2.45) is 0 Å². The summed E-state index contributed by atoms with van der Waals surface area (Å²) < 4.78 is 5.54. The van der Waals surface area contributed by atoms with E-state index in [1.807, 2.05) is 39.2 Å². The summed E-state index contributed by atoms with van der Waals surface area (Å²) in [4.78, 5) is 10.4. The number of rotatable bonds is 5. The molecule has 1 N–H and O–H groups in total. The van der Waals surface area contributed by atoms with Gasteiger partial charge in [0.2, 0.25) is 0 Å². The van der Waals surface area contributed by atoms with E-state index in [1.165, 1.54) is 0 Å². The van der Waals surface area contributed by atoms with Gasteiger partial charge in [-0.25, -0.2) is 9.97 Å². The van der Waals surface area contributed by atoms with Gasteiger partial charge >= 0.3 is 0 Å². The normalized spacial score (nSPS) is 10.4. The molecule has 2 aromatic heterocycles. The summed E-state index contributed by atoms with van der Waals surface area (Å²) in [7, 11) is 3.86. The van der Waals surface area contributed by atoms with Crippen LogP contribution >= 0.6 is 0 Å². The Hall–Kier alpha value is -2.04. The van der Waals surface area contributed by atoms with Gasteiger partial charge in [-0.3, -0.25) is 0 Å². The summed E-state index contributed by atoms with van der Waals surface area (Å²) in [6.45, 7) is 2.81. The Morgan fingerprint density at radius 3 is 2.83 bits per heavy atom. The van der Waals surface area contributed by atoms with Gasteiger partial charge in [0.05, 0.1) is 0 Å². The third kappa shape index (κ3) is 3.00. The van der Waals surface area contributed by atoms with Gasteiger partial charge in [-0.1, -0.05) is 0 Å². The molecular weight excluding hydrogens is 228 g/mol. The van der Waals surface area contributed by atoms with Crippen molar-refractivity contribution in [1.29, 1.82) is 0 Å². The van der Waals surface area contributed by atoms with Crippen LogP contribution in [-0.4, -0.2) is 30.6 Å². The first kappa shape index (κ1) is 12.4. The Bertz CT molecular complexity index is 509. The molecule has 0 bridgehead atoms. The largest absolute Gasteiger partial charge is 0.466 e. The summed E-state index contributed by atoms with van der Waals surface area (Å²) in [5.41, 5.74) is 0. The Kier molecular flexibility index (Phi) is 3.82. The van der Waals surface area contributed by atoms with Gasteiger partial charge < -0.3 is 14.6 Å². The van der Waals surface area contributed by atoms with Crippen LogP contribution in [0.1, 0.15) is 11.5 Å². The molecule has 2 heterocycles. The molecule has 0 aliphatic rings. The number of aryl methyl sites for hydroxylation is 1. The molecular formula is C13H18N4O. The van der Waals surface area contributed by atoms with Crippen molar-refractivity contribution >= 4 is 11.6 Å². The topological polar surface area (TPSA) is 54.2 Å². The van der Waals surface area contributed by atoms with E-state index >= 15 is 0 Å². The lowest BCUT2D eigenvalue weighted by Gasteiger charge is -2.17. The first-order valence-corrected chi connectivity index (χ1v) is 5.95. The highest BCUT2D eigenvalue weighted by atomic mass is 16.3. The highest BCUT2D eigenvalue weighted by Crippen LogP contribution is 2.13. The molecule has 5 heteroatoms. The average Bonchev–Trinajstić information content (AvgIpc) is 2.82.